The predicted molar refractivity (Wildman–Crippen MR) is 70.6 cm³/mol. The van der Waals surface area contributed by atoms with E-state index in [1.807, 2.05) is 0 Å². The standard InChI is InChI=1S/C12H13ClF3N3O/c1-2-3-6-4-7(12(14,15)16)5-8(9(6)13)10(20)19-11(17)18/h4-5H,2-3H2,1H3,(H4,17,18,19,20). The van der Waals surface area contributed by atoms with Crippen molar-refractivity contribution in [3.63, 3.8) is 0 Å². The molecule has 1 aromatic carbocycles. The van der Waals surface area contributed by atoms with Crippen LogP contribution >= 0.6 is 11.6 Å². The fourth-order valence-electron chi connectivity index (χ4n) is 1.63. The third kappa shape index (κ3) is 3.86. The topological polar surface area (TPSA) is 81.5 Å². The lowest BCUT2D eigenvalue weighted by molar-refractivity contribution is -0.137. The molecular weight excluding hydrogens is 295 g/mol. The van der Waals surface area contributed by atoms with E-state index in [0.29, 0.717) is 18.9 Å². The van der Waals surface area contributed by atoms with Crippen molar-refractivity contribution in [1.29, 1.82) is 0 Å². The molecule has 110 valence electrons. The van der Waals surface area contributed by atoms with Gasteiger partial charge in [0, 0.05) is 0 Å². The third-order valence-corrected chi connectivity index (χ3v) is 2.90. The Kier molecular flexibility index (Phi) is 4.99. The van der Waals surface area contributed by atoms with Crippen LogP contribution in [-0.2, 0) is 12.6 Å². The van der Waals surface area contributed by atoms with E-state index >= 15 is 0 Å². The van der Waals surface area contributed by atoms with Gasteiger partial charge in [-0.1, -0.05) is 24.9 Å². The number of guanidine groups is 1. The second-order valence-corrected chi connectivity index (χ2v) is 4.46. The molecule has 8 heteroatoms. The van der Waals surface area contributed by atoms with Gasteiger partial charge in [-0.15, -0.1) is 0 Å². The van der Waals surface area contributed by atoms with Gasteiger partial charge >= 0.3 is 6.18 Å². The molecule has 0 aliphatic heterocycles. The summed E-state index contributed by atoms with van der Waals surface area (Å²) in [5.74, 6) is -1.54. The van der Waals surface area contributed by atoms with Crippen molar-refractivity contribution in [2.24, 2.45) is 16.5 Å². The zero-order valence-electron chi connectivity index (χ0n) is 10.6. The first kappa shape index (κ1) is 16.3. The van der Waals surface area contributed by atoms with Crippen LogP contribution in [0.2, 0.25) is 5.02 Å². The molecule has 0 saturated heterocycles. The van der Waals surface area contributed by atoms with Crippen molar-refractivity contribution >= 4 is 23.5 Å². The van der Waals surface area contributed by atoms with Crippen LogP contribution in [0.1, 0.15) is 34.8 Å². The molecule has 0 aromatic heterocycles. The quantitative estimate of drug-likeness (QED) is 0.665. The Morgan fingerprint density at radius 2 is 1.95 bits per heavy atom. The minimum atomic E-state index is -4.58. The maximum absolute atomic E-state index is 12.8. The minimum absolute atomic E-state index is 0.0603. The van der Waals surface area contributed by atoms with Gasteiger partial charge in [-0.2, -0.15) is 18.2 Å². The monoisotopic (exact) mass is 307 g/mol. The second-order valence-electron chi connectivity index (χ2n) is 4.09. The number of amides is 1. The lowest BCUT2D eigenvalue weighted by Gasteiger charge is -2.13. The fraction of sp³-hybridized carbons (Fsp3) is 0.333. The number of carbonyl (C=O) groups excluding carboxylic acids is 1. The van der Waals surface area contributed by atoms with Crippen molar-refractivity contribution in [1.82, 2.24) is 0 Å². The highest BCUT2D eigenvalue weighted by Crippen LogP contribution is 2.34. The lowest BCUT2D eigenvalue weighted by atomic mass is 10.0. The summed E-state index contributed by atoms with van der Waals surface area (Å²) in [4.78, 5) is 14.9. The van der Waals surface area contributed by atoms with Crippen molar-refractivity contribution in [3.05, 3.63) is 33.8 Å². The Morgan fingerprint density at radius 1 is 1.35 bits per heavy atom. The molecule has 0 unspecified atom stereocenters. The number of hydrogen-bond acceptors (Lipinski definition) is 1. The number of halogens is 4. The number of benzene rings is 1. The van der Waals surface area contributed by atoms with E-state index in [1.165, 1.54) is 0 Å². The van der Waals surface area contributed by atoms with Crippen LogP contribution in [0.25, 0.3) is 0 Å². The van der Waals surface area contributed by atoms with E-state index in [1.54, 1.807) is 6.92 Å². The molecule has 0 aliphatic rings. The maximum Gasteiger partial charge on any atom is 0.416 e. The molecule has 0 radical (unpaired) electrons. The number of rotatable bonds is 3. The van der Waals surface area contributed by atoms with Crippen molar-refractivity contribution in [2.45, 2.75) is 25.9 Å². The average Bonchev–Trinajstić information content (AvgIpc) is 2.29. The van der Waals surface area contributed by atoms with Gasteiger partial charge in [0.2, 0.25) is 0 Å². The first-order valence-corrected chi connectivity index (χ1v) is 6.08. The van der Waals surface area contributed by atoms with Gasteiger partial charge in [0.1, 0.15) is 0 Å². The molecule has 0 bridgehead atoms. The number of aliphatic imine (C=N–C) groups is 1. The molecular formula is C12H13ClF3N3O. The highest BCUT2D eigenvalue weighted by Gasteiger charge is 2.32. The van der Waals surface area contributed by atoms with E-state index in [4.69, 9.17) is 23.1 Å². The second kappa shape index (κ2) is 6.13. The summed E-state index contributed by atoms with van der Waals surface area (Å²) in [5, 5.41) is -0.0603. The number of nitrogens with zero attached hydrogens (tertiary/aromatic N) is 1. The Balaban J connectivity index is 3.46. The number of hydrogen-bond donors (Lipinski definition) is 2. The molecule has 0 spiro atoms. The van der Waals surface area contributed by atoms with E-state index in [-0.39, 0.29) is 16.1 Å². The number of alkyl halides is 3. The van der Waals surface area contributed by atoms with E-state index in [0.717, 1.165) is 6.07 Å². The van der Waals surface area contributed by atoms with Gasteiger partial charge in [0.25, 0.3) is 5.91 Å². The van der Waals surface area contributed by atoms with Crippen LogP contribution in [-0.4, -0.2) is 11.9 Å². The summed E-state index contributed by atoms with van der Waals surface area (Å²) >= 11 is 5.95. The molecule has 1 aromatic rings. The van der Waals surface area contributed by atoms with Crippen LogP contribution in [0.3, 0.4) is 0 Å². The summed E-state index contributed by atoms with van der Waals surface area (Å²) in [7, 11) is 0. The first-order valence-electron chi connectivity index (χ1n) is 5.70. The van der Waals surface area contributed by atoms with Gasteiger partial charge in [-0.3, -0.25) is 4.79 Å². The van der Waals surface area contributed by atoms with Crippen LogP contribution in [0.4, 0.5) is 13.2 Å². The number of aryl methyl sites for hydroxylation is 1. The van der Waals surface area contributed by atoms with E-state index in [2.05, 4.69) is 4.99 Å². The van der Waals surface area contributed by atoms with Crippen LogP contribution in [0.5, 0.6) is 0 Å². The number of carbonyl (C=O) groups is 1. The Labute approximate surface area is 118 Å². The van der Waals surface area contributed by atoms with Crippen LogP contribution < -0.4 is 11.5 Å². The number of nitrogens with two attached hydrogens (primary N) is 2. The molecule has 0 fully saturated rings. The summed E-state index contributed by atoms with van der Waals surface area (Å²) in [6.07, 6.45) is -3.69. The molecule has 0 saturated carbocycles. The molecule has 20 heavy (non-hydrogen) atoms. The normalized spacial score (nSPS) is 11.2. The van der Waals surface area contributed by atoms with Gasteiger partial charge < -0.3 is 11.5 Å². The Bertz CT molecular complexity index is 552. The largest absolute Gasteiger partial charge is 0.416 e. The van der Waals surface area contributed by atoms with Gasteiger partial charge in [-0.25, -0.2) is 0 Å². The molecule has 0 atom stereocenters. The zero-order chi connectivity index (χ0) is 15.5. The zero-order valence-corrected chi connectivity index (χ0v) is 11.3. The molecule has 1 rings (SSSR count). The first-order chi connectivity index (χ1) is 9.16. The predicted octanol–water partition coefficient (Wildman–Crippen LogP) is 2.72. The van der Waals surface area contributed by atoms with E-state index < -0.39 is 23.6 Å². The summed E-state index contributed by atoms with van der Waals surface area (Å²) in [5.41, 5.74) is 9.00. The molecule has 0 aliphatic carbocycles. The Morgan fingerprint density at radius 3 is 2.40 bits per heavy atom. The average molecular weight is 308 g/mol. The van der Waals surface area contributed by atoms with Crippen molar-refractivity contribution in [2.75, 3.05) is 0 Å². The summed E-state index contributed by atoms with van der Waals surface area (Å²) in [6.45, 7) is 1.79. The molecule has 4 nitrogen and oxygen atoms in total. The smallest absolute Gasteiger partial charge is 0.370 e. The van der Waals surface area contributed by atoms with Crippen LogP contribution in [0, 0.1) is 0 Å². The lowest BCUT2D eigenvalue weighted by Crippen LogP contribution is -2.24. The van der Waals surface area contributed by atoms with Crippen LogP contribution in [0.15, 0.2) is 17.1 Å². The maximum atomic E-state index is 12.8. The summed E-state index contributed by atoms with van der Waals surface area (Å²) < 4.78 is 38.4. The molecule has 1 amide bonds. The van der Waals surface area contributed by atoms with Gasteiger partial charge in [-0.05, 0) is 24.1 Å². The van der Waals surface area contributed by atoms with Gasteiger partial charge in [0.15, 0.2) is 5.96 Å². The van der Waals surface area contributed by atoms with Crippen molar-refractivity contribution in [3.8, 4) is 0 Å². The van der Waals surface area contributed by atoms with Crippen molar-refractivity contribution < 1.29 is 18.0 Å². The highest BCUT2D eigenvalue weighted by molar-refractivity contribution is 6.34. The fourth-order valence-corrected chi connectivity index (χ4v) is 1.92. The minimum Gasteiger partial charge on any atom is -0.370 e. The molecule has 0 heterocycles. The van der Waals surface area contributed by atoms with Gasteiger partial charge in [0.05, 0.1) is 16.1 Å². The van der Waals surface area contributed by atoms with E-state index in [9.17, 15) is 18.0 Å². The third-order valence-electron chi connectivity index (χ3n) is 2.46. The summed E-state index contributed by atoms with van der Waals surface area (Å²) in [6, 6.07) is 1.58. The SMILES string of the molecule is CCCc1cc(C(F)(F)F)cc(C(=O)N=C(N)N)c1Cl. The Hall–Kier alpha value is -1.76. The highest BCUT2D eigenvalue weighted by atomic mass is 35.5. The molecule has 4 N–H and O–H groups in total.